The predicted molar refractivity (Wildman–Crippen MR) is 122 cm³/mol. The molecule has 3 N–H and O–H groups in total. The van der Waals surface area contributed by atoms with E-state index >= 15 is 0 Å². The van der Waals surface area contributed by atoms with Crippen molar-refractivity contribution in [3.05, 3.63) is 84.4 Å². The van der Waals surface area contributed by atoms with Gasteiger partial charge in [-0.25, -0.2) is 4.79 Å². The van der Waals surface area contributed by atoms with E-state index in [1.165, 1.54) is 12.1 Å². The Morgan fingerprint density at radius 3 is 2.33 bits per heavy atom. The molecule has 0 saturated carbocycles. The molecule has 1 aliphatic heterocycles. The van der Waals surface area contributed by atoms with E-state index in [4.69, 9.17) is 14.6 Å². The van der Waals surface area contributed by atoms with Crippen LogP contribution in [0.1, 0.15) is 10.4 Å². The lowest BCUT2D eigenvalue weighted by Gasteiger charge is -2.17. The minimum Gasteiger partial charge on any atom is -0.486 e. The molecule has 33 heavy (non-hydrogen) atoms. The van der Waals surface area contributed by atoms with Crippen molar-refractivity contribution >= 4 is 17.6 Å². The second kappa shape index (κ2) is 10.2. The largest absolute Gasteiger partial charge is 0.486 e. The fourth-order valence-corrected chi connectivity index (χ4v) is 3.59. The lowest BCUT2D eigenvalue weighted by atomic mass is 10.2. The first kappa shape index (κ1) is 22.3. The van der Waals surface area contributed by atoms with Gasteiger partial charge >= 0.3 is 5.97 Å². The van der Waals surface area contributed by atoms with Gasteiger partial charge in [-0.3, -0.25) is 9.69 Å². The smallest absolute Gasteiger partial charge is 0.335 e. The van der Waals surface area contributed by atoms with Crippen molar-refractivity contribution in [2.75, 3.05) is 25.0 Å². The van der Waals surface area contributed by atoms with Gasteiger partial charge in [0.2, 0.25) is 5.91 Å². The molecule has 4 rings (SSSR count). The molecule has 0 bridgehead atoms. The van der Waals surface area contributed by atoms with E-state index in [9.17, 15) is 14.7 Å². The maximum absolute atomic E-state index is 12.5. The van der Waals surface area contributed by atoms with E-state index in [1.54, 1.807) is 41.3 Å². The summed E-state index contributed by atoms with van der Waals surface area (Å²) in [6, 6.07) is 22.6. The standard InChI is InChI=1S/C25H24N2O6/c28-22-14-27(15-23(22)33-21-8-4-5-17(13-21)25(30)31)16-24(29)26-18-9-11-20(12-10-18)32-19-6-2-1-3-7-19/h1-13,22-23,28H,14-16H2,(H,26,29)(H,30,31)/t22-,23-/m1/s1. The number of nitrogens with one attached hydrogen (secondary N) is 1. The number of carboxylic acid groups (broad SMARTS) is 1. The lowest BCUT2D eigenvalue weighted by Crippen LogP contribution is -2.33. The van der Waals surface area contributed by atoms with Crippen molar-refractivity contribution < 1.29 is 29.3 Å². The summed E-state index contributed by atoms with van der Waals surface area (Å²) in [4.78, 5) is 25.4. The molecule has 0 aromatic heterocycles. The molecule has 2 atom stereocenters. The topological polar surface area (TPSA) is 108 Å². The van der Waals surface area contributed by atoms with Crippen LogP contribution in [-0.2, 0) is 4.79 Å². The van der Waals surface area contributed by atoms with E-state index in [0.29, 0.717) is 23.7 Å². The molecule has 0 aliphatic carbocycles. The van der Waals surface area contributed by atoms with Gasteiger partial charge in [-0.05, 0) is 54.6 Å². The van der Waals surface area contributed by atoms with Crippen LogP contribution in [0.2, 0.25) is 0 Å². The van der Waals surface area contributed by atoms with E-state index in [2.05, 4.69) is 5.32 Å². The summed E-state index contributed by atoms with van der Waals surface area (Å²) >= 11 is 0. The van der Waals surface area contributed by atoms with Crippen LogP contribution in [0.15, 0.2) is 78.9 Å². The Hall–Kier alpha value is -3.88. The molecule has 8 heteroatoms. The highest BCUT2D eigenvalue weighted by atomic mass is 16.5. The maximum atomic E-state index is 12.5. The molecule has 1 fully saturated rings. The van der Waals surface area contributed by atoms with Crippen molar-refractivity contribution in [2.45, 2.75) is 12.2 Å². The average Bonchev–Trinajstić information content (AvgIpc) is 3.14. The first-order valence-electron chi connectivity index (χ1n) is 10.5. The Labute approximate surface area is 191 Å². The van der Waals surface area contributed by atoms with Crippen molar-refractivity contribution in [3.8, 4) is 17.2 Å². The van der Waals surface area contributed by atoms with Crippen LogP contribution in [0.25, 0.3) is 0 Å². The molecule has 1 aliphatic rings. The zero-order valence-corrected chi connectivity index (χ0v) is 17.8. The summed E-state index contributed by atoms with van der Waals surface area (Å²) in [5.74, 6) is 0.489. The number of aliphatic hydroxyl groups excluding tert-OH is 1. The number of nitrogens with zero attached hydrogens (tertiary/aromatic N) is 1. The SMILES string of the molecule is O=C(CN1C[C@@H](O)[C@H](Oc2cccc(C(=O)O)c2)C1)Nc1ccc(Oc2ccccc2)cc1. The van der Waals surface area contributed by atoms with Crippen molar-refractivity contribution in [1.82, 2.24) is 4.90 Å². The predicted octanol–water partition coefficient (Wildman–Crippen LogP) is 3.24. The lowest BCUT2D eigenvalue weighted by molar-refractivity contribution is -0.117. The first-order chi connectivity index (χ1) is 16.0. The Balaban J connectivity index is 1.27. The number of anilines is 1. The minimum atomic E-state index is -1.05. The fraction of sp³-hybridized carbons (Fsp3) is 0.200. The number of hydrogen-bond acceptors (Lipinski definition) is 6. The van der Waals surface area contributed by atoms with E-state index < -0.39 is 18.2 Å². The van der Waals surface area contributed by atoms with Gasteiger partial charge in [0.15, 0.2) is 0 Å². The number of likely N-dealkylation sites (tertiary alicyclic amines) is 1. The molecule has 1 heterocycles. The summed E-state index contributed by atoms with van der Waals surface area (Å²) in [5, 5.41) is 22.3. The van der Waals surface area contributed by atoms with Gasteiger partial charge in [0.05, 0.1) is 12.1 Å². The van der Waals surface area contributed by atoms with Gasteiger partial charge in [-0.1, -0.05) is 24.3 Å². The van der Waals surface area contributed by atoms with Crippen LogP contribution in [0, 0.1) is 0 Å². The number of hydrogen-bond donors (Lipinski definition) is 3. The van der Waals surface area contributed by atoms with Crippen LogP contribution >= 0.6 is 0 Å². The number of rotatable bonds is 8. The summed E-state index contributed by atoms with van der Waals surface area (Å²) in [5.41, 5.74) is 0.745. The van der Waals surface area contributed by atoms with Crippen LogP contribution in [0.3, 0.4) is 0 Å². The number of para-hydroxylation sites is 1. The van der Waals surface area contributed by atoms with Gasteiger partial charge in [-0.2, -0.15) is 0 Å². The van der Waals surface area contributed by atoms with Crippen molar-refractivity contribution in [3.63, 3.8) is 0 Å². The number of ether oxygens (including phenoxy) is 2. The highest BCUT2D eigenvalue weighted by Crippen LogP contribution is 2.23. The number of amides is 1. The first-order valence-corrected chi connectivity index (χ1v) is 10.5. The third-order valence-corrected chi connectivity index (χ3v) is 5.17. The quantitative estimate of drug-likeness (QED) is 0.485. The summed E-state index contributed by atoms with van der Waals surface area (Å²) in [6.45, 7) is 0.713. The molecule has 8 nitrogen and oxygen atoms in total. The summed E-state index contributed by atoms with van der Waals surface area (Å²) in [7, 11) is 0. The second-order valence-electron chi connectivity index (χ2n) is 7.74. The monoisotopic (exact) mass is 448 g/mol. The van der Waals surface area contributed by atoms with Gasteiger partial charge in [0.25, 0.3) is 0 Å². The highest BCUT2D eigenvalue weighted by molar-refractivity contribution is 5.92. The number of aliphatic hydroxyl groups is 1. The maximum Gasteiger partial charge on any atom is 0.335 e. The van der Waals surface area contributed by atoms with E-state index in [-0.39, 0.29) is 24.6 Å². The Bertz CT molecular complexity index is 1100. The Morgan fingerprint density at radius 2 is 1.61 bits per heavy atom. The highest BCUT2D eigenvalue weighted by Gasteiger charge is 2.34. The third kappa shape index (κ3) is 6.09. The van der Waals surface area contributed by atoms with Crippen LogP contribution in [0.4, 0.5) is 5.69 Å². The van der Waals surface area contributed by atoms with Crippen molar-refractivity contribution in [1.29, 1.82) is 0 Å². The van der Waals surface area contributed by atoms with Crippen LogP contribution in [0.5, 0.6) is 17.2 Å². The molecule has 3 aromatic carbocycles. The molecule has 0 unspecified atom stereocenters. The van der Waals surface area contributed by atoms with Gasteiger partial charge < -0.3 is 25.0 Å². The van der Waals surface area contributed by atoms with Crippen molar-refractivity contribution in [2.24, 2.45) is 0 Å². The molecular weight excluding hydrogens is 424 g/mol. The zero-order valence-electron chi connectivity index (χ0n) is 17.8. The molecule has 0 spiro atoms. The van der Waals surface area contributed by atoms with Gasteiger partial charge in [0, 0.05) is 18.8 Å². The number of carbonyl (C=O) groups is 2. The normalized spacial score (nSPS) is 18.0. The van der Waals surface area contributed by atoms with Gasteiger partial charge in [0.1, 0.15) is 29.5 Å². The molecule has 1 saturated heterocycles. The molecule has 170 valence electrons. The fourth-order valence-electron chi connectivity index (χ4n) is 3.59. The summed E-state index contributed by atoms with van der Waals surface area (Å²) < 4.78 is 11.5. The molecule has 1 amide bonds. The van der Waals surface area contributed by atoms with Crippen LogP contribution in [-0.4, -0.2) is 58.8 Å². The minimum absolute atomic E-state index is 0.0916. The Morgan fingerprint density at radius 1 is 0.909 bits per heavy atom. The zero-order chi connectivity index (χ0) is 23.2. The second-order valence-corrected chi connectivity index (χ2v) is 7.74. The number of carboxylic acids is 1. The van der Waals surface area contributed by atoms with E-state index in [1.807, 2.05) is 30.3 Å². The number of aromatic carboxylic acids is 1. The number of β-amino-alcohol motifs (C(OH)–C–C–N with tert-alkyl or cyclic N) is 1. The number of benzene rings is 3. The third-order valence-electron chi connectivity index (χ3n) is 5.17. The number of carbonyl (C=O) groups excluding carboxylic acids is 1. The van der Waals surface area contributed by atoms with Gasteiger partial charge in [-0.15, -0.1) is 0 Å². The molecule has 3 aromatic rings. The molecular formula is C25H24N2O6. The average molecular weight is 448 g/mol. The molecule has 0 radical (unpaired) electrons. The Kier molecular flexibility index (Phi) is 6.87. The summed E-state index contributed by atoms with van der Waals surface area (Å²) in [6.07, 6.45) is -1.35. The van der Waals surface area contributed by atoms with E-state index in [0.717, 1.165) is 5.75 Å². The van der Waals surface area contributed by atoms with Crippen LogP contribution < -0.4 is 14.8 Å².